The third-order valence-electron chi connectivity index (χ3n) is 2.92. The van der Waals surface area contributed by atoms with E-state index in [4.69, 9.17) is 4.74 Å². The number of halogens is 1. The van der Waals surface area contributed by atoms with E-state index < -0.39 is 6.10 Å². The molecule has 1 aromatic heterocycles. The van der Waals surface area contributed by atoms with Crippen LogP contribution in [0.3, 0.4) is 0 Å². The van der Waals surface area contributed by atoms with E-state index in [0.29, 0.717) is 12.4 Å². The first-order valence-electron chi connectivity index (χ1n) is 6.47. The third kappa shape index (κ3) is 3.37. The van der Waals surface area contributed by atoms with Crippen molar-refractivity contribution in [1.82, 2.24) is 14.8 Å². The summed E-state index contributed by atoms with van der Waals surface area (Å²) in [5.74, 6) is 1.42. The normalized spacial score (nSPS) is 12.7. The standard InChI is InChI=1S/C14H18BrN3O2/c1-9(2)18-14(16-8-17-18)7-20-13-5-4-11(15)6-12(13)10(3)19/h4-6,8-10,19H,7H2,1-3H3/t10-/m0/s1. The van der Waals surface area contributed by atoms with Crippen LogP contribution >= 0.6 is 15.9 Å². The summed E-state index contributed by atoms with van der Waals surface area (Å²) in [5, 5.41) is 14.0. The summed E-state index contributed by atoms with van der Waals surface area (Å²) >= 11 is 3.39. The van der Waals surface area contributed by atoms with Crippen molar-refractivity contribution in [2.45, 2.75) is 39.5 Å². The van der Waals surface area contributed by atoms with Gasteiger partial charge in [-0.05, 0) is 39.0 Å². The highest BCUT2D eigenvalue weighted by Crippen LogP contribution is 2.29. The van der Waals surface area contributed by atoms with Gasteiger partial charge in [-0.25, -0.2) is 9.67 Å². The highest BCUT2D eigenvalue weighted by molar-refractivity contribution is 9.10. The Balaban J connectivity index is 2.17. The average molecular weight is 340 g/mol. The van der Waals surface area contributed by atoms with Crippen LogP contribution in [0.25, 0.3) is 0 Å². The van der Waals surface area contributed by atoms with Gasteiger partial charge in [0.1, 0.15) is 18.7 Å². The molecule has 0 fully saturated rings. The highest BCUT2D eigenvalue weighted by Gasteiger charge is 2.12. The predicted octanol–water partition coefficient (Wildman–Crippen LogP) is 3.25. The van der Waals surface area contributed by atoms with Gasteiger partial charge in [0.05, 0.1) is 6.10 Å². The van der Waals surface area contributed by atoms with Crippen molar-refractivity contribution in [2.24, 2.45) is 0 Å². The smallest absolute Gasteiger partial charge is 0.165 e. The average Bonchev–Trinajstić information content (AvgIpc) is 2.85. The van der Waals surface area contributed by atoms with Crippen LogP contribution in [0, 0.1) is 0 Å². The molecular formula is C14H18BrN3O2. The number of aliphatic hydroxyl groups is 1. The zero-order valence-corrected chi connectivity index (χ0v) is 13.3. The lowest BCUT2D eigenvalue weighted by Crippen LogP contribution is -2.11. The first kappa shape index (κ1) is 15.0. The van der Waals surface area contributed by atoms with Crippen LogP contribution in [0.1, 0.15) is 44.3 Å². The van der Waals surface area contributed by atoms with Gasteiger partial charge in [-0.3, -0.25) is 0 Å². The van der Waals surface area contributed by atoms with Gasteiger partial charge in [0.2, 0.25) is 0 Å². The van der Waals surface area contributed by atoms with Gasteiger partial charge >= 0.3 is 0 Å². The van der Waals surface area contributed by atoms with Gasteiger partial charge in [0, 0.05) is 16.1 Å². The molecule has 0 unspecified atom stereocenters. The molecule has 2 rings (SSSR count). The molecule has 0 aliphatic rings. The summed E-state index contributed by atoms with van der Waals surface area (Å²) in [6.45, 7) is 6.11. The van der Waals surface area contributed by atoms with Gasteiger partial charge < -0.3 is 9.84 Å². The summed E-state index contributed by atoms with van der Waals surface area (Å²) in [4.78, 5) is 4.20. The van der Waals surface area contributed by atoms with Gasteiger partial charge in [-0.15, -0.1) is 0 Å². The molecule has 1 heterocycles. The molecule has 0 saturated carbocycles. The zero-order valence-electron chi connectivity index (χ0n) is 11.7. The van der Waals surface area contributed by atoms with Crippen molar-refractivity contribution in [1.29, 1.82) is 0 Å². The maximum Gasteiger partial charge on any atom is 0.165 e. The third-order valence-corrected chi connectivity index (χ3v) is 3.41. The molecule has 0 radical (unpaired) electrons. The van der Waals surface area contributed by atoms with E-state index in [1.165, 1.54) is 6.33 Å². The van der Waals surface area contributed by atoms with Crippen molar-refractivity contribution in [3.63, 3.8) is 0 Å². The Kier molecular flexibility index (Phi) is 4.77. The van der Waals surface area contributed by atoms with E-state index in [2.05, 4.69) is 26.0 Å². The Morgan fingerprint density at radius 2 is 2.10 bits per heavy atom. The van der Waals surface area contributed by atoms with Crippen molar-refractivity contribution in [3.8, 4) is 5.75 Å². The molecule has 0 amide bonds. The second-order valence-electron chi connectivity index (χ2n) is 4.86. The largest absolute Gasteiger partial charge is 0.485 e. The number of nitrogens with zero attached hydrogens (tertiary/aromatic N) is 3. The maximum absolute atomic E-state index is 9.79. The van der Waals surface area contributed by atoms with Gasteiger partial charge in [0.15, 0.2) is 5.82 Å². The molecule has 2 aromatic rings. The quantitative estimate of drug-likeness (QED) is 0.908. The second-order valence-corrected chi connectivity index (χ2v) is 5.78. The molecule has 108 valence electrons. The predicted molar refractivity (Wildman–Crippen MR) is 79.5 cm³/mol. The molecule has 0 saturated heterocycles. The fourth-order valence-corrected chi connectivity index (χ4v) is 2.31. The van der Waals surface area contributed by atoms with Crippen molar-refractivity contribution in [3.05, 3.63) is 40.4 Å². The molecule has 0 aliphatic carbocycles. The van der Waals surface area contributed by atoms with E-state index in [1.54, 1.807) is 6.92 Å². The summed E-state index contributed by atoms with van der Waals surface area (Å²) in [5.41, 5.74) is 0.745. The highest BCUT2D eigenvalue weighted by atomic mass is 79.9. The second kappa shape index (κ2) is 6.37. The van der Waals surface area contributed by atoms with E-state index in [1.807, 2.05) is 36.7 Å². The van der Waals surface area contributed by atoms with E-state index in [9.17, 15) is 5.11 Å². The fourth-order valence-electron chi connectivity index (χ4n) is 1.93. The first-order chi connectivity index (χ1) is 9.49. The molecule has 6 heteroatoms. The summed E-state index contributed by atoms with van der Waals surface area (Å²) < 4.78 is 8.51. The molecular weight excluding hydrogens is 322 g/mol. The Labute approximate surface area is 126 Å². The van der Waals surface area contributed by atoms with E-state index in [-0.39, 0.29) is 6.04 Å². The number of aliphatic hydroxyl groups excluding tert-OH is 1. The summed E-state index contributed by atoms with van der Waals surface area (Å²) in [6, 6.07) is 5.81. The maximum atomic E-state index is 9.79. The zero-order chi connectivity index (χ0) is 14.7. The number of rotatable bonds is 5. The molecule has 5 nitrogen and oxygen atoms in total. The Hall–Kier alpha value is -1.40. The minimum absolute atomic E-state index is 0.234. The van der Waals surface area contributed by atoms with Crippen LogP contribution in [0.5, 0.6) is 5.75 Å². The van der Waals surface area contributed by atoms with Crippen molar-refractivity contribution in [2.75, 3.05) is 0 Å². The summed E-state index contributed by atoms with van der Waals surface area (Å²) in [7, 11) is 0. The minimum atomic E-state index is -0.592. The SMILES string of the molecule is CC(C)n1ncnc1COc1ccc(Br)cc1[C@H](C)O. The Morgan fingerprint density at radius 1 is 1.35 bits per heavy atom. The molecule has 0 bridgehead atoms. The minimum Gasteiger partial charge on any atom is -0.485 e. The van der Waals surface area contributed by atoms with Crippen LogP contribution in [-0.2, 0) is 6.61 Å². The molecule has 1 atom stereocenters. The van der Waals surface area contributed by atoms with Crippen LogP contribution in [0.4, 0.5) is 0 Å². The topological polar surface area (TPSA) is 60.2 Å². The van der Waals surface area contributed by atoms with Crippen LogP contribution in [0.15, 0.2) is 29.0 Å². The lowest BCUT2D eigenvalue weighted by atomic mass is 10.1. The first-order valence-corrected chi connectivity index (χ1v) is 7.27. The van der Waals surface area contributed by atoms with Crippen LogP contribution < -0.4 is 4.74 Å². The Morgan fingerprint density at radius 3 is 2.75 bits per heavy atom. The molecule has 1 N–H and O–H groups in total. The monoisotopic (exact) mass is 339 g/mol. The van der Waals surface area contributed by atoms with Gasteiger partial charge in [0.25, 0.3) is 0 Å². The van der Waals surface area contributed by atoms with Crippen LogP contribution in [0.2, 0.25) is 0 Å². The van der Waals surface area contributed by atoms with E-state index in [0.717, 1.165) is 15.9 Å². The molecule has 20 heavy (non-hydrogen) atoms. The number of ether oxygens (including phenoxy) is 1. The Bertz CT molecular complexity index is 582. The number of hydrogen-bond acceptors (Lipinski definition) is 4. The molecule has 1 aromatic carbocycles. The van der Waals surface area contributed by atoms with Crippen molar-refractivity contribution < 1.29 is 9.84 Å². The van der Waals surface area contributed by atoms with Crippen LogP contribution in [-0.4, -0.2) is 19.9 Å². The molecule has 0 spiro atoms. The summed E-state index contributed by atoms with van der Waals surface area (Å²) in [6.07, 6.45) is 0.932. The fraction of sp³-hybridized carbons (Fsp3) is 0.429. The number of benzene rings is 1. The van der Waals surface area contributed by atoms with Gasteiger partial charge in [-0.1, -0.05) is 15.9 Å². The number of hydrogen-bond donors (Lipinski definition) is 1. The van der Waals surface area contributed by atoms with Gasteiger partial charge in [-0.2, -0.15) is 5.10 Å². The number of aromatic nitrogens is 3. The van der Waals surface area contributed by atoms with E-state index >= 15 is 0 Å². The van der Waals surface area contributed by atoms with Crippen molar-refractivity contribution >= 4 is 15.9 Å². The lowest BCUT2D eigenvalue weighted by Gasteiger charge is -2.15. The lowest BCUT2D eigenvalue weighted by molar-refractivity contribution is 0.188. The molecule has 0 aliphatic heterocycles.